The molecule has 0 saturated heterocycles. The molecule has 34 heavy (non-hydrogen) atoms. The van der Waals surface area contributed by atoms with Gasteiger partial charge in [0.1, 0.15) is 22.8 Å². The average Bonchev–Trinajstić information content (AvgIpc) is 2.72. The molecule has 1 aromatic carbocycles. The van der Waals surface area contributed by atoms with E-state index in [1.165, 1.54) is 19.0 Å². The topological polar surface area (TPSA) is 190 Å². The van der Waals surface area contributed by atoms with Crippen LogP contribution in [0.3, 0.4) is 0 Å². The first-order chi connectivity index (χ1) is 15.9. The number of benzene rings is 1. The minimum absolute atomic E-state index is 0.0233. The molecule has 1 fully saturated rings. The van der Waals surface area contributed by atoms with E-state index < -0.39 is 69.6 Å². The quantitative estimate of drug-likeness (QED) is 0.192. The van der Waals surface area contributed by atoms with Crippen molar-refractivity contribution in [2.75, 3.05) is 19.4 Å². The molecule has 3 aliphatic rings. The Morgan fingerprint density at radius 3 is 2.50 bits per heavy atom. The fourth-order valence-corrected chi connectivity index (χ4v) is 5.50. The number of nitrogens with one attached hydrogen (secondary N) is 1. The van der Waals surface area contributed by atoms with E-state index in [2.05, 4.69) is 5.32 Å². The largest absolute Gasteiger partial charge is 0.508 e. The number of aromatic hydroxyl groups is 1. The van der Waals surface area contributed by atoms with Gasteiger partial charge in [-0.2, -0.15) is 0 Å². The summed E-state index contributed by atoms with van der Waals surface area (Å²) in [5, 5.41) is 45.6. The number of ketones is 2. The average molecular weight is 475 g/mol. The molecule has 2 amide bonds. The summed E-state index contributed by atoms with van der Waals surface area (Å²) in [5.74, 6) is -9.17. The van der Waals surface area contributed by atoms with Crippen molar-refractivity contribution in [1.82, 2.24) is 4.90 Å². The zero-order valence-electron chi connectivity index (χ0n) is 18.1. The first-order valence-corrected chi connectivity index (χ1v) is 10.3. The van der Waals surface area contributed by atoms with Crippen LogP contribution in [0.1, 0.15) is 17.5 Å². The molecule has 4 atom stereocenters. The van der Waals surface area contributed by atoms with E-state index in [9.17, 15) is 44.0 Å². The summed E-state index contributed by atoms with van der Waals surface area (Å²) < 4.78 is 14.5. The van der Waals surface area contributed by atoms with Gasteiger partial charge in [0.2, 0.25) is 12.2 Å². The molecule has 1 aromatic rings. The Hall–Kier alpha value is -3.77. The number of aliphatic hydroxyl groups is 3. The maximum Gasteiger partial charge on any atom is 0.255 e. The number of hydrogen-bond donors (Lipinski definition) is 6. The van der Waals surface area contributed by atoms with E-state index in [0.29, 0.717) is 6.07 Å². The number of anilines is 1. The third-order valence-corrected chi connectivity index (χ3v) is 6.88. The van der Waals surface area contributed by atoms with Crippen LogP contribution in [0.15, 0.2) is 23.0 Å². The van der Waals surface area contributed by atoms with Crippen LogP contribution in [0.2, 0.25) is 0 Å². The molecular formula is C22H22FN3O8. The van der Waals surface area contributed by atoms with Gasteiger partial charge in [0.05, 0.1) is 17.3 Å². The van der Waals surface area contributed by atoms with Crippen molar-refractivity contribution in [1.29, 1.82) is 0 Å². The van der Waals surface area contributed by atoms with Crippen molar-refractivity contribution in [2.45, 2.75) is 24.5 Å². The first-order valence-electron chi connectivity index (χ1n) is 10.3. The van der Waals surface area contributed by atoms with Crippen molar-refractivity contribution in [3.8, 4) is 5.75 Å². The van der Waals surface area contributed by atoms with Crippen LogP contribution in [-0.4, -0.2) is 74.9 Å². The zero-order valence-corrected chi connectivity index (χ0v) is 18.1. The van der Waals surface area contributed by atoms with Crippen LogP contribution >= 0.6 is 0 Å². The highest BCUT2D eigenvalue weighted by molar-refractivity contribution is 6.24. The van der Waals surface area contributed by atoms with Crippen molar-refractivity contribution in [3.63, 3.8) is 0 Å². The highest BCUT2D eigenvalue weighted by Crippen LogP contribution is 2.53. The molecule has 3 aliphatic carbocycles. The summed E-state index contributed by atoms with van der Waals surface area (Å²) in [6.45, 7) is 0. The number of likely N-dealkylation sites (N-methyl/N-ethyl adjacent to an activating group) is 1. The number of Topliss-reactive ketones (excluding diaryl/α,β-unsaturated/α-hetero) is 2. The van der Waals surface area contributed by atoms with Gasteiger partial charge in [0.15, 0.2) is 17.2 Å². The number of phenols is 1. The minimum Gasteiger partial charge on any atom is -0.508 e. The molecule has 0 heterocycles. The Balaban J connectivity index is 2.00. The summed E-state index contributed by atoms with van der Waals surface area (Å²) in [4.78, 5) is 50.9. The number of nitrogens with zero attached hydrogens (tertiary/aromatic N) is 1. The van der Waals surface area contributed by atoms with Crippen LogP contribution in [0, 0.1) is 17.7 Å². The predicted molar refractivity (Wildman–Crippen MR) is 114 cm³/mol. The lowest BCUT2D eigenvalue weighted by atomic mass is 9.57. The Labute approximate surface area is 192 Å². The molecule has 4 rings (SSSR count). The summed E-state index contributed by atoms with van der Waals surface area (Å²) in [7, 11) is 2.96. The van der Waals surface area contributed by atoms with Gasteiger partial charge in [-0.25, -0.2) is 4.39 Å². The molecular weight excluding hydrogens is 453 g/mol. The van der Waals surface area contributed by atoms with Gasteiger partial charge in [0, 0.05) is 17.6 Å². The summed E-state index contributed by atoms with van der Waals surface area (Å²) >= 11 is 0. The van der Waals surface area contributed by atoms with E-state index in [-0.39, 0.29) is 41.6 Å². The number of primary amides is 1. The molecule has 0 aliphatic heterocycles. The van der Waals surface area contributed by atoms with Gasteiger partial charge in [-0.1, -0.05) is 0 Å². The van der Waals surface area contributed by atoms with Crippen LogP contribution < -0.4 is 11.1 Å². The number of amides is 2. The Kier molecular flexibility index (Phi) is 5.25. The summed E-state index contributed by atoms with van der Waals surface area (Å²) in [6, 6.07) is -0.581. The molecule has 0 aromatic heterocycles. The molecule has 0 spiro atoms. The van der Waals surface area contributed by atoms with Gasteiger partial charge in [-0.15, -0.1) is 0 Å². The molecule has 7 N–H and O–H groups in total. The summed E-state index contributed by atoms with van der Waals surface area (Å²) in [6.07, 6.45) is -0.0769. The van der Waals surface area contributed by atoms with Gasteiger partial charge < -0.3 is 31.5 Å². The molecule has 1 saturated carbocycles. The Bertz CT molecular complexity index is 1240. The fraction of sp³-hybridized carbons (Fsp3) is 0.364. The number of nitrogens with two attached hydrogens (primary N) is 1. The lowest BCUT2D eigenvalue weighted by Crippen LogP contribution is -2.65. The van der Waals surface area contributed by atoms with E-state index in [1.54, 1.807) is 0 Å². The van der Waals surface area contributed by atoms with Gasteiger partial charge >= 0.3 is 0 Å². The van der Waals surface area contributed by atoms with E-state index in [1.807, 2.05) is 0 Å². The minimum atomic E-state index is -2.76. The zero-order chi connectivity index (χ0) is 25.3. The number of aliphatic hydroxyl groups excluding tert-OH is 2. The van der Waals surface area contributed by atoms with E-state index in [0.717, 1.165) is 0 Å². The number of rotatable bonds is 4. The van der Waals surface area contributed by atoms with Crippen molar-refractivity contribution in [2.24, 2.45) is 17.6 Å². The van der Waals surface area contributed by atoms with Crippen LogP contribution in [-0.2, 0) is 25.6 Å². The second-order valence-corrected chi connectivity index (χ2v) is 8.83. The number of carbonyl (C=O) groups excluding carboxylic acids is 4. The van der Waals surface area contributed by atoms with Gasteiger partial charge in [0.25, 0.3) is 5.91 Å². The van der Waals surface area contributed by atoms with E-state index in [4.69, 9.17) is 5.73 Å². The summed E-state index contributed by atoms with van der Waals surface area (Å²) in [5.41, 5.74) is 0.616. The van der Waals surface area contributed by atoms with Crippen molar-refractivity contribution >= 4 is 35.3 Å². The van der Waals surface area contributed by atoms with E-state index >= 15 is 0 Å². The third-order valence-electron chi connectivity index (χ3n) is 6.88. The standard InChI is InChI=1S/C22H22FN3O8/c1-26(2)16-9-4-7-3-8-13(11(28)5-10(23)15(8)25-6-27)17(29)12(7)19(31)22(9,34)20(32)14(18(16)30)21(24)33/h5-7,9,16,28-29,32,34H,3-4H2,1-2H3,(H2,24,33)(H,25,27)/t7?,9?,16-,22-/m0/s1. The first kappa shape index (κ1) is 23.4. The molecule has 12 heteroatoms. The monoisotopic (exact) mass is 475 g/mol. The van der Waals surface area contributed by atoms with Crippen LogP contribution in [0.5, 0.6) is 5.75 Å². The van der Waals surface area contributed by atoms with Gasteiger partial charge in [-0.05, 0) is 38.4 Å². The molecule has 0 bridgehead atoms. The number of fused-ring (bicyclic) bond motifs is 3. The molecule has 11 nitrogen and oxygen atoms in total. The molecule has 180 valence electrons. The smallest absolute Gasteiger partial charge is 0.255 e. The fourth-order valence-electron chi connectivity index (χ4n) is 5.50. The maximum atomic E-state index is 14.5. The number of halogens is 1. The normalized spacial score (nSPS) is 28.4. The number of hydrogen-bond acceptors (Lipinski definition) is 9. The molecule has 0 radical (unpaired) electrons. The van der Waals surface area contributed by atoms with Gasteiger partial charge in [-0.3, -0.25) is 24.1 Å². The number of carbonyl (C=O) groups is 4. The number of phenolic OH excluding ortho intramolecular Hbond substituents is 1. The second-order valence-electron chi connectivity index (χ2n) is 8.83. The SMILES string of the molecule is CN(C)[C@@H]1C(=O)C(C(N)=O)=C(O)[C@@]2(O)C(=O)C3=C(O)c4c(O)cc(F)c(NC=O)c4CC3CC12. The second kappa shape index (κ2) is 7.64. The Morgan fingerprint density at radius 2 is 1.94 bits per heavy atom. The lowest BCUT2D eigenvalue weighted by Gasteiger charge is -2.50. The highest BCUT2D eigenvalue weighted by Gasteiger charge is 2.64. The highest BCUT2D eigenvalue weighted by atomic mass is 19.1. The third kappa shape index (κ3) is 2.88. The predicted octanol–water partition coefficient (Wildman–Crippen LogP) is -0.329. The van der Waals surface area contributed by atoms with Crippen LogP contribution in [0.25, 0.3) is 5.76 Å². The maximum absolute atomic E-state index is 14.5. The van der Waals surface area contributed by atoms with Crippen LogP contribution in [0.4, 0.5) is 10.1 Å². The Morgan fingerprint density at radius 1 is 1.29 bits per heavy atom. The lowest BCUT2D eigenvalue weighted by molar-refractivity contribution is -0.153. The molecule has 2 unspecified atom stereocenters. The van der Waals surface area contributed by atoms with Crippen molar-refractivity contribution in [3.05, 3.63) is 39.9 Å². The van der Waals surface area contributed by atoms with Crippen molar-refractivity contribution < 1.29 is 44.0 Å².